The zero-order valence-electron chi connectivity index (χ0n) is 26.0. The Balaban J connectivity index is 1.11. The minimum absolute atomic E-state index is 0.0449. The van der Waals surface area contributed by atoms with Gasteiger partial charge >= 0.3 is 0 Å². The number of halogens is 1. The maximum Gasteiger partial charge on any atom is 0.284 e. The molecule has 0 spiro atoms. The van der Waals surface area contributed by atoms with Crippen LogP contribution in [0.25, 0.3) is 16.6 Å². The van der Waals surface area contributed by atoms with Crippen molar-refractivity contribution in [2.75, 3.05) is 18.2 Å². The second-order valence-electron chi connectivity index (χ2n) is 11.5. The maximum atomic E-state index is 15.2. The largest absolute Gasteiger partial charge is 0.494 e. The smallest absolute Gasteiger partial charge is 0.284 e. The number of anilines is 1. The molecular weight excluding hydrogens is 627 g/mol. The van der Waals surface area contributed by atoms with Crippen LogP contribution in [0.15, 0.2) is 83.8 Å². The van der Waals surface area contributed by atoms with Crippen LogP contribution < -0.4 is 20.3 Å². The van der Waals surface area contributed by atoms with Gasteiger partial charge in [-0.2, -0.15) is 8.42 Å². The zero-order valence-corrected chi connectivity index (χ0v) is 26.8. The molecule has 0 saturated heterocycles. The van der Waals surface area contributed by atoms with E-state index in [1.807, 2.05) is 6.07 Å². The molecule has 244 valence electrons. The molecule has 0 bridgehead atoms. The van der Waals surface area contributed by atoms with Crippen molar-refractivity contribution in [3.8, 4) is 22.9 Å². The first-order chi connectivity index (χ1) is 22.4. The molecule has 0 aliphatic heterocycles. The van der Waals surface area contributed by atoms with E-state index in [1.165, 1.54) is 23.0 Å². The van der Waals surface area contributed by atoms with Crippen molar-refractivity contribution >= 4 is 32.6 Å². The average Bonchev–Trinajstić information content (AvgIpc) is 3.73. The molecule has 6 rings (SSSR count). The Morgan fingerprint density at radius 2 is 1.81 bits per heavy atom. The fourth-order valence-electron chi connectivity index (χ4n) is 5.50. The van der Waals surface area contributed by atoms with Crippen molar-refractivity contribution < 1.29 is 31.3 Å². The fraction of sp³-hybridized carbons (Fsp3) is 0.265. The SMILES string of the molecule is Cc1c(C(=O)Nc2ccc(Oc3ccnc4cc(OCCCC5(OS(C)(=O)=O)CC5)ccc34)c(F)c2)c(=O)n(-c2ccccc2)n1C. The summed E-state index contributed by atoms with van der Waals surface area (Å²) < 4.78 is 58.2. The number of para-hydroxylation sites is 1. The predicted octanol–water partition coefficient (Wildman–Crippen LogP) is 5.88. The molecule has 1 N–H and O–H groups in total. The predicted molar refractivity (Wildman–Crippen MR) is 175 cm³/mol. The van der Waals surface area contributed by atoms with Gasteiger partial charge in [-0.25, -0.2) is 9.07 Å². The third-order valence-electron chi connectivity index (χ3n) is 8.05. The van der Waals surface area contributed by atoms with Crippen molar-refractivity contribution in [3.63, 3.8) is 0 Å². The van der Waals surface area contributed by atoms with E-state index in [-0.39, 0.29) is 17.0 Å². The van der Waals surface area contributed by atoms with Gasteiger partial charge in [0.05, 0.1) is 35.4 Å². The van der Waals surface area contributed by atoms with Crippen LogP contribution in [0.1, 0.15) is 41.7 Å². The number of hydrogen-bond donors (Lipinski definition) is 1. The summed E-state index contributed by atoms with van der Waals surface area (Å²) in [5, 5.41) is 3.25. The second-order valence-corrected chi connectivity index (χ2v) is 13.1. The maximum absolute atomic E-state index is 15.2. The molecule has 0 radical (unpaired) electrons. The van der Waals surface area contributed by atoms with Crippen molar-refractivity contribution in [1.82, 2.24) is 14.3 Å². The summed E-state index contributed by atoms with van der Waals surface area (Å²) in [5.74, 6) is -0.493. The molecule has 1 aliphatic rings. The van der Waals surface area contributed by atoms with Crippen molar-refractivity contribution in [3.05, 3.63) is 106 Å². The number of nitrogens with zero attached hydrogens (tertiary/aromatic N) is 3. The van der Waals surface area contributed by atoms with Crippen LogP contribution in [0.3, 0.4) is 0 Å². The van der Waals surface area contributed by atoms with Crippen LogP contribution in [0.5, 0.6) is 17.2 Å². The van der Waals surface area contributed by atoms with E-state index < -0.39 is 33.0 Å². The van der Waals surface area contributed by atoms with E-state index in [0.29, 0.717) is 66.1 Å². The lowest BCUT2D eigenvalue weighted by atomic mass is 10.2. The van der Waals surface area contributed by atoms with Gasteiger partial charge in [0.2, 0.25) is 0 Å². The average molecular weight is 661 g/mol. The lowest BCUT2D eigenvalue weighted by molar-refractivity contribution is 0.102. The number of fused-ring (bicyclic) bond motifs is 1. The summed E-state index contributed by atoms with van der Waals surface area (Å²) in [5.41, 5.74) is 0.673. The molecule has 3 aromatic carbocycles. The number of carbonyl (C=O) groups is 1. The molecular formula is C34H33FN4O7S. The van der Waals surface area contributed by atoms with Crippen molar-refractivity contribution in [2.24, 2.45) is 7.05 Å². The van der Waals surface area contributed by atoms with Gasteiger partial charge in [0.25, 0.3) is 21.6 Å². The van der Waals surface area contributed by atoms with Gasteiger partial charge in [0, 0.05) is 36.5 Å². The van der Waals surface area contributed by atoms with E-state index in [2.05, 4.69) is 10.3 Å². The van der Waals surface area contributed by atoms with Crippen LogP contribution in [-0.4, -0.2) is 47.1 Å². The molecule has 0 atom stereocenters. The number of benzene rings is 3. The van der Waals surface area contributed by atoms with Gasteiger partial charge in [0.15, 0.2) is 11.6 Å². The number of aromatic nitrogens is 3. The standard InChI is InChI=1S/C34H33FN4O7S/c1-22-31(33(41)39(38(22)2)24-8-5-4-6-9-24)32(40)37-23-10-13-30(27(35)20-23)45-29-14-18-36-28-21-25(11-12-26(28)29)44-19-7-15-34(16-17-34)46-47(3,42)43/h4-6,8-14,18,20-21H,7,15-17,19H2,1-3H3,(H,37,40). The summed E-state index contributed by atoms with van der Waals surface area (Å²) in [6.45, 7) is 2.04. The number of ether oxygens (including phenoxy) is 2. The molecule has 0 unspecified atom stereocenters. The topological polar surface area (TPSA) is 131 Å². The highest BCUT2D eigenvalue weighted by atomic mass is 32.2. The van der Waals surface area contributed by atoms with Crippen LogP contribution in [-0.2, 0) is 21.3 Å². The van der Waals surface area contributed by atoms with E-state index in [4.69, 9.17) is 13.7 Å². The quantitative estimate of drug-likeness (QED) is 0.130. The lowest BCUT2D eigenvalue weighted by Crippen LogP contribution is -2.25. The van der Waals surface area contributed by atoms with E-state index >= 15 is 4.39 Å². The zero-order chi connectivity index (χ0) is 33.3. The molecule has 2 heterocycles. The lowest BCUT2D eigenvalue weighted by Gasteiger charge is -2.15. The van der Waals surface area contributed by atoms with Crippen molar-refractivity contribution in [1.29, 1.82) is 0 Å². The normalized spacial score (nSPS) is 13.8. The Bertz CT molecular complexity index is 2140. The third kappa shape index (κ3) is 7.05. The van der Waals surface area contributed by atoms with Gasteiger partial charge in [-0.3, -0.25) is 23.4 Å². The Kier molecular flexibility index (Phi) is 8.60. The molecule has 5 aromatic rings. The van der Waals surface area contributed by atoms with Crippen molar-refractivity contribution in [2.45, 2.75) is 38.2 Å². The number of rotatable bonds is 12. The molecule has 1 saturated carbocycles. The highest BCUT2D eigenvalue weighted by Gasteiger charge is 2.46. The molecule has 11 nitrogen and oxygen atoms in total. The molecule has 13 heteroatoms. The molecule has 47 heavy (non-hydrogen) atoms. The van der Waals surface area contributed by atoms with E-state index in [0.717, 1.165) is 12.3 Å². The van der Waals surface area contributed by atoms with Gasteiger partial charge in [0.1, 0.15) is 17.1 Å². The second kappa shape index (κ2) is 12.6. The first-order valence-electron chi connectivity index (χ1n) is 15.0. The first-order valence-corrected chi connectivity index (χ1v) is 16.8. The number of amides is 1. The van der Waals surface area contributed by atoms with E-state index in [1.54, 1.807) is 67.2 Å². The Morgan fingerprint density at radius 1 is 1.04 bits per heavy atom. The molecule has 1 fully saturated rings. The van der Waals surface area contributed by atoms with Gasteiger partial charge in [-0.1, -0.05) is 18.2 Å². The van der Waals surface area contributed by atoms with Crippen LogP contribution in [0.2, 0.25) is 0 Å². The number of nitrogens with one attached hydrogen (secondary N) is 1. The summed E-state index contributed by atoms with van der Waals surface area (Å²) >= 11 is 0. The Labute approximate surface area is 270 Å². The number of pyridine rings is 1. The fourth-order valence-corrected chi connectivity index (χ4v) is 6.40. The number of carbonyl (C=O) groups excluding carboxylic acids is 1. The Hall–Kier alpha value is -5.01. The van der Waals surface area contributed by atoms with Gasteiger partial charge < -0.3 is 14.8 Å². The molecule has 1 amide bonds. The monoisotopic (exact) mass is 660 g/mol. The number of hydrogen-bond acceptors (Lipinski definition) is 8. The third-order valence-corrected chi connectivity index (χ3v) is 8.70. The minimum Gasteiger partial charge on any atom is -0.494 e. The summed E-state index contributed by atoms with van der Waals surface area (Å²) in [6, 6.07) is 19.9. The highest BCUT2D eigenvalue weighted by Crippen LogP contribution is 2.44. The molecule has 1 aliphatic carbocycles. The summed E-state index contributed by atoms with van der Waals surface area (Å²) in [4.78, 5) is 30.7. The van der Waals surface area contributed by atoms with Crippen LogP contribution in [0.4, 0.5) is 10.1 Å². The Morgan fingerprint density at radius 3 is 2.51 bits per heavy atom. The summed E-state index contributed by atoms with van der Waals surface area (Å²) in [7, 11) is -1.82. The van der Waals surface area contributed by atoms with Crippen LogP contribution >= 0.6 is 0 Å². The highest BCUT2D eigenvalue weighted by molar-refractivity contribution is 7.86. The molecule has 2 aromatic heterocycles. The van der Waals surface area contributed by atoms with Gasteiger partial charge in [-0.15, -0.1) is 0 Å². The van der Waals surface area contributed by atoms with Gasteiger partial charge in [-0.05, 0) is 75.1 Å². The first kappa shape index (κ1) is 32.0. The summed E-state index contributed by atoms with van der Waals surface area (Å²) in [6.07, 6.45) is 5.23. The van der Waals surface area contributed by atoms with Crippen LogP contribution in [0, 0.1) is 12.7 Å². The van der Waals surface area contributed by atoms with E-state index in [9.17, 15) is 18.0 Å². The minimum atomic E-state index is -3.50.